The zero-order valence-corrected chi connectivity index (χ0v) is 34.6. The first-order valence-electron chi connectivity index (χ1n) is 21.5. The summed E-state index contributed by atoms with van der Waals surface area (Å²) in [5.41, 5.74) is 11.2. The highest BCUT2D eigenvalue weighted by molar-refractivity contribution is 6.13. The summed E-state index contributed by atoms with van der Waals surface area (Å²) >= 11 is 0. The van der Waals surface area contributed by atoms with Crippen molar-refractivity contribution in [2.45, 2.75) is 0 Å². The van der Waals surface area contributed by atoms with E-state index in [2.05, 4.69) is 168 Å². The van der Waals surface area contributed by atoms with Crippen LogP contribution in [0.3, 0.4) is 0 Å². The summed E-state index contributed by atoms with van der Waals surface area (Å²) in [5.74, 6) is 1.85. The minimum absolute atomic E-state index is 0.603. The molecule has 0 aliphatic carbocycles. The van der Waals surface area contributed by atoms with E-state index in [1.807, 2.05) is 67.0 Å². The molecule has 0 radical (unpaired) electrons. The highest BCUT2D eigenvalue weighted by Gasteiger charge is 2.18. The molecule has 0 aliphatic rings. The molecule has 12 rings (SSSR count). The zero-order valence-electron chi connectivity index (χ0n) is 34.6. The summed E-state index contributed by atoms with van der Waals surface area (Å²) in [6.45, 7) is 0. The van der Waals surface area contributed by atoms with Crippen LogP contribution in [0.15, 0.2) is 225 Å². The van der Waals surface area contributed by atoms with Crippen molar-refractivity contribution < 1.29 is 0 Å². The average Bonchev–Trinajstić information content (AvgIpc) is 3.38. The predicted octanol–water partition coefficient (Wildman–Crippen LogP) is 14.9. The van der Waals surface area contributed by atoms with E-state index in [1.54, 1.807) is 0 Å². The number of hydrogen-bond acceptors (Lipinski definition) is 5. The van der Waals surface area contributed by atoms with Crippen LogP contribution in [0.5, 0.6) is 0 Å². The Hall–Kier alpha value is -8.67. The molecular formula is C59H37N5. The Bertz CT molecular complexity index is 3580. The summed E-state index contributed by atoms with van der Waals surface area (Å²) in [5, 5.41) is 9.19. The van der Waals surface area contributed by atoms with Gasteiger partial charge in [-0.3, -0.25) is 9.97 Å². The fourth-order valence-corrected chi connectivity index (χ4v) is 8.91. The third-order valence-corrected chi connectivity index (χ3v) is 12.1. The van der Waals surface area contributed by atoms with Crippen LogP contribution in [-0.4, -0.2) is 24.9 Å². The third-order valence-electron chi connectivity index (χ3n) is 12.1. The van der Waals surface area contributed by atoms with Gasteiger partial charge < -0.3 is 0 Å². The average molecular weight is 816 g/mol. The quantitative estimate of drug-likeness (QED) is 0.150. The molecule has 3 heterocycles. The van der Waals surface area contributed by atoms with Crippen molar-refractivity contribution >= 4 is 43.1 Å². The molecule has 0 aliphatic heterocycles. The number of nitrogens with zero attached hydrogens (tertiary/aromatic N) is 5. The van der Waals surface area contributed by atoms with Gasteiger partial charge in [-0.1, -0.05) is 140 Å². The second-order valence-corrected chi connectivity index (χ2v) is 16.1. The molecule has 0 fully saturated rings. The van der Waals surface area contributed by atoms with Crippen molar-refractivity contribution in [2.75, 3.05) is 0 Å². The van der Waals surface area contributed by atoms with Crippen LogP contribution in [0.2, 0.25) is 0 Å². The lowest BCUT2D eigenvalue weighted by Crippen LogP contribution is -2.01. The summed E-state index contributed by atoms with van der Waals surface area (Å²) in [6, 6.07) is 74.7. The molecule has 3 aromatic heterocycles. The van der Waals surface area contributed by atoms with E-state index in [1.165, 1.54) is 5.39 Å². The third kappa shape index (κ3) is 6.91. The number of aromatic nitrogens is 5. The fraction of sp³-hybridized carbons (Fsp3) is 0. The maximum atomic E-state index is 5.37. The van der Waals surface area contributed by atoms with Crippen LogP contribution in [0.4, 0.5) is 0 Å². The van der Waals surface area contributed by atoms with E-state index in [0.717, 1.165) is 99.2 Å². The highest BCUT2D eigenvalue weighted by atomic mass is 15.0. The van der Waals surface area contributed by atoms with Crippen LogP contribution in [0.1, 0.15) is 0 Å². The van der Waals surface area contributed by atoms with Crippen molar-refractivity contribution in [1.29, 1.82) is 0 Å². The number of pyridine rings is 2. The summed E-state index contributed by atoms with van der Waals surface area (Å²) < 4.78 is 0. The van der Waals surface area contributed by atoms with E-state index in [0.29, 0.717) is 17.5 Å². The molecule has 0 saturated carbocycles. The van der Waals surface area contributed by atoms with Crippen molar-refractivity contribution in [3.8, 4) is 78.9 Å². The molecule has 64 heavy (non-hydrogen) atoms. The molecule has 5 nitrogen and oxygen atoms in total. The number of hydrogen-bond donors (Lipinski definition) is 0. The molecule has 0 atom stereocenters. The second-order valence-electron chi connectivity index (χ2n) is 16.1. The molecule has 298 valence electrons. The monoisotopic (exact) mass is 815 g/mol. The minimum Gasteiger partial charge on any atom is -0.256 e. The van der Waals surface area contributed by atoms with E-state index >= 15 is 0 Å². The lowest BCUT2D eigenvalue weighted by atomic mass is 9.93. The van der Waals surface area contributed by atoms with Crippen LogP contribution < -0.4 is 0 Å². The molecule has 0 unspecified atom stereocenters. The number of rotatable bonds is 7. The Morgan fingerprint density at radius 2 is 0.688 bits per heavy atom. The van der Waals surface area contributed by atoms with E-state index in [-0.39, 0.29) is 0 Å². The Morgan fingerprint density at radius 1 is 0.234 bits per heavy atom. The van der Waals surface area contributed by atoms with Gasteiger partial charge in [-0.25, -0.2) is 15.0 Å². The normalized spacial score (nSPS) is 11.4. The van der Waals surface area contributed by atoms with Crippen LogP contribution in [0, 0.1) is 0 Å². The van der Waals surface area contributed by atoms with Gasteiger partial charge in [0.25, 0.3) is 0 Å². The zero-order chi connectivity index (χ0) is 42.4. The van der Waals surface area contributed by atoms with E-state index < -0.39 is 0 Å². The topological polar surface area (TPSA) is 64.5 Å². The first-order valence-corrected chi connectivity index (χ1v) is 21.5. The lowest BCUT2D eigenvalue weighted by molar-refractivity contribution is 1.08. The molecule has 12 aromatic rings. The maximum absolute atomic E-state index is 5.37. The van der Waals surface area contributed by atoms with Crippen molar-refractivity contribution in [1.82, 2.24) is 24.9 Å². The van der Waals surface area contributed by atoms with Crippen LogP contribution >= 0.6 is 0 Å². The Kier molecular flexibility index (Phi) is 9.08. The molecule has 0 bridgehead atoms. The van der Waals surface area contributed by atoms with Gasteiger partial charge in [-0.05, 0) is 138 Å². The molecule has 0 spiro atoms. The summed E-state index contributed by atoms with van der Waals surface area (Å²) in [4.78, 5) is 25.0. The first-order chi connectivity index (χ1) is 31.7. The van der Waals surface area contributed by atoms with Gasteiger partial charge in [0.1, 0.15) is 0 Å². The van der Waals surface area contributed by atoms with Crippen molar-refractivity contribution in [2.24, 2.45) is 0 Å². The standard InChI is InChI=1S/C59H37N5/c1-2-12-38(13-3-1)57-62-58(64-59(63-57)54-37-45-14-4-5-15-51(45)52-16-6-7-17-53(52)54)50-35-48(43-22-20-41-32-46(26-24-39(41)30-43)55-18-8-10-28-60-55)34-49(36-50)44-23-21-42-33-47(27-25-40(42)31-44)56-19-9-11-29-61-56/h1-37H. The molecule has 0 amide bonds. The van der Waals surface area contributed by atoms with Crippen LogP contribution in [-0.2, 0) is 0 Å². The SMILES string of the molecule is c1ccc(-c2nc(-c3cc(-c4ccc5cc(-c6ccccn6)ccc5c4)cc(-c4ccc5cc(-c6ccccn6)ccc5c4)c3)nc(-c3cc4ccccc4c4ccccc34)n2)cc1. The van der Waals surface area contributed by atoms with Gasteiger partial charge in [0.2, 0.25) is 0 Å². The minimum atomic E-state index is 0.603. The summed E-state index contributed by atoms with van der Waals surface area (Å²) in [6.07, 6.45) is 3.68. The van der Waals surface area contributed by atoms with Gasteiger partial charge in [0, 0.05) is 40.2 Å². The molecule has 0 saturated heterocycles. The predicted molar refractivity (Wildman–Crippen MR) is 263 cm³/mol. The Balaban J connectivity index is 1.05. The fourth-order valence-electron chi connectivity index (χ4n) is 8.91. The van der Waals surface area contributed by atoms with Gasteiger partial charge in [0.05, 0.1) is 11.4 Å². The Morgan fingerprint density at radius 3 is 1.27 bits per heavy atom. The largest absolute Gasteiger partial charge is 0.256 e. The van der Waals surface area contributed by atoms with Gasteiger partial charge in [-0.2, -0.15) is 0 Å². The van der Waals surface area contributed by atoms with Gasteiger partial charge in [0.15, 0.2) is 17.5 Å². The van der Waals surface area contributed by atoms with Crippen molar-refractivity contribution in [3.05, 3.63) is 225 Å². The summed E-state index contributed by atoms with van der Waals surface area (Å²) in [7, 11) is 0. The molecular weight excluding hydrogens is 779 g/mol. The smallest absolute Gasteiger partial charge is 0.164 e. The van der Waals surface area contributed by atoms with E-state index in [9.17, 15) is 0 Å². The lowest BCUT2D eigenvalue weighted by Gasteiger charge is -2.15. The Labute approximate surface area is 370 Å². The van der Waals surface area contributed by atoms with Crippen molar-refractivity contribution in [3.63, 3.8) is 0 Å². The van der Waals surface area contributed by atoms with Crippen LogP contribution in [0.25, 0.3) is 122 Å². The maximum Gasteiger partial charge on any atom is 0.164 e. The molecule has 9 aromatic carbocycles. The van der Waals surface area contributed by atoms with Gasteiger partial charge in [-0.15, -0.1) is 0 Å². The highest BCUT2D eigenvalue weighted by Crippen LogP contribution is 2.38. The second kappa shape index (κ2) is 15.7. The number of benzene rings is 9. The molecule has 0 N–H and O–H groups in total. The van der Waals surface area contributed by atoms with E-state index in [4.69, 9.17) is 15.0 Å². The molecule has 5 heteroatoms. The first kappa shape index (κ1) is 37.1. The number of fused-ring (bicyclic) bond motifs is 5. The van der Waals surface area contributed by atoms with Gasteiger partial charge >= 0.3 is 0 Å².